The van der Waals surface area contributed by atoms with Crippen molar-refractivity contribution in [2.75, 3.05) is 5.73 Å². The maximum Gasteiger partial charge on any atom is 0.146 e. The van der Waals surface area contributed by atoms with E-state index in [1.54, 1.807) is 23.5 Å². The van der Waals surface area contributed by atoms with Crippen LogP contribution in [0.2, 0.25) is 0 Å². The highest BCUT2D eigenvalue weighted by atomic mass is 32.1. The molecule has 78 valence electrons. The lowest BCUT2D eigenvalue weighted by Gasteiger charge is -1.99. The van der Waals surface area contributed by atoms with Gasteiger partial charge in [-0.25, -0.2) is 9.37 Å². The first-order valence-corrected chi connectivity index (χ1v) is 5.58. The Labute approximate surface area is 91.6 Å². The van der Waals surface area contributed by atoms with E-state index in [1.165, 1.54) is 6.07 Å². The van der Waals surface area contributed by atoms with Gasteiger partial charge in [-0.1, -0.05) is 6.92 Å². The van der Waals surface area contributed by atoms with Crippen molar-refractivity contribution in [3.8, 4) is 11.3 Å². The molecule has 0 amide bonds. The number of aryl methyl sites for hydroxylation is 1. The van der Waals surface area contributed by atoms with Crippen LogP contribution in [0.5, 0.6) is 0 Å². The molecule has 0 saturated heterocycles. The van der Waals surface area contributed by atoms with Gasteiger partial charge in [-0.3, -0.25) is 0 Å². The van der Waals surface area contributed by atoms with E-state index in [0.29, 0.717) is 0 Å². The summed E-state index contributed by atoms with van der Waals surface area (Å²) in [6.07, 6.45) is 0.918. The number of nitrogens with two attached hydrogens (primary N) is 1. The minimum absolute atomic E-state index is 0.165. The number of hydrogen-bond acceptors (Lipinski definition) is 3. The molecule has 0 saturated carbocycles. The molecule has 0 aliphatic carbocycles. The number of nitrogens with zero attached hydrogens (tertiary/aromatic N) is 1. The topological polar surface area (TPSA) is 38.9 Å². The van der Waals surface area contributed by atoms with Crippen molar-refractivity contribution in [3.05, 3.63) is 34.4 Å². The fourth-order valence-corrected chi connectivity index (χ4v) is 2.06. The summed E-state index contributed by atoms with van der Waals surface area (Å²) in [4.78, 5) is 4.41. The molecule has 1 aromatic carbocycles. The van der Waals surface area contributed by atoms with Gasteiger partial charge >= 0.3 is 0 Å². The Morgan fingerprint density at radius 1 is 1.47 bits per heavy atom. The summed E-state index contributed by atoms with van der Waals surface area (Å²) in [5, 5.41) is 3.04. The SMILES string of the molecule is CCc1nc(-c2ccc(F)c(N)c2)cs1. The third-order valence-corrected chi connectivity index (χ3v) is 3.14. The largest absolute Gasteiger partial charge is 0.396 e. The molecule has 0 unspecified atom stereocenters. The molecule has 0 bridgehead atoms. The van der Waals surface area contributed by atoms with E-state index >= 15 is 0 Å². The molecule has 0 radical (unpaired) electrons. The molecule has 2 rings (SSSR count). The van der Waals surface area contributed by atoms with Gasteiger partial charge in [0.25, 0.3) is 0 Å². The van der Waals surface area contributed by atoms with E-state index in [-0.39, 0.29) is 11.5 Å². The molecule has 2 aromatic rings. The highest BCUT2D eigenvalue weighted by molar-refractivity contribution is 7.09. The van der Waals surface area contributed by atoms with Crippen LogP contribution in [0.4, 0.5) is 10.1 Å². The van der Waals surface area contributed by atoms with Gasteiger partial charge < -0.3 is 5.73 Å². The monoisotopic (exact) mass is 222 g/mol. The van der Waals surface area contributed by atoms with Crippen LogP contribution in [-0.4, -0.2) is 4.98 Å². The maximum absolute atomic E-state index is 12.9. The number of aromatic nitrogens is 1. The normalized spacial score (nSPS) is 10.5. The summed E-state index contributed by atoms with van der Waals surface area (Å²) in [6, 6.07) is 4.68. The highest BCUT2D eigenvalue weighted by Gasteiger charge is 2.05. The van der Waals surface area contributed by atoms with Crippen molar-refractivity contribution in [1.82, 2.24) is 4.98 Å². The number of rotatable bonds is 2. The van der Waals surface area contributed by atoms with Crippen molar-refractivity contribution in [1.29, 1.82) is 0 Å². The van der Waals surface area contributed by atoms with Crippen LogP contribution < -0.4 is 5.73 Å². The number of anilines is 1. The predicted molar refractivity (Wildman–Crippen MR) is 61.3 cm³/mol. The molecule has 15 heavy (non-hydrogen) atoms. The van der Waals surface area contributed by atoms with Gasteiger partial charge in [0.1, 0.15) is 5.82 Å². The van der Waals surface area contributed by atoms with Crippen molar-refractivity contribution in [2.45, 2.75) is 13.3 Å². The summed E-state index contributed by atoms with van der Waals surface area (Å²) < 4.78 is 12.9. The quantitative estimate of drug-likeness (QED) is 0.793. The predicted octanol–water partition coefficient (Wildman–Crippen LogP) is 3.09. The molecule has 0 aliphatic rings. The third-order valence-electron chi connectivity index (χ3n) is 2.15. The second-order valence-corrected chi connectivity index (χ2v) is 4.16. The third kappa shape index (κ3) is 1.99. The van der Waals surface area contributed by atoms with Gasteiger partial charge in [-0.05, 0) is 24.6 Å². The van der Waals surface area contributed by atoms with E-state index < -0.39 is 0 Å². The Balaban J connectivity index is 2.40. The zero-order chi connectivity index (χ0) is 10.8. The van der Waals surface area contributed by atoms with Crippen LogP contribution in [0.15, 0.2) is 23.6 Å². The molecule has 0 atom stereocenters. The average Bonchev–Trinajstić information content (AvgIpc) is 2.70. The summed E-state index contributed by atoms with van der Waals surface area (Å²) in [7, 11) is 0. The van der Waals surface area contributed by atoms with Crippen LogP contribution in [-0.2, 0) is 6.42 Å². The standard InChI is InChI=1S/C11H11FN2S/c1-2-11-14-10(6-15-11)7-3-4-8(12)9(13)5-7/h3-6H,2,13H2,1H3. The van der Waals surface area contributed by atoms with Gasteiger partial charge in [0.2, 0.25) is 0 Å². The van der Waals surface area contributed by atoms with Crippen LogP contribution in [0.3, 0.4) is 0 Å². The van der Waals surface area contributed by atoms with E-state index in [2.05, 4.69) is 11.9 Å². The molecule has 2 N–H and O–H groups in total. The Hall–Kier alpha value is -1.42. The number of thiazole rings is 1. The molecular formula is C11H11FN2S. The molecule has 0 aliphatic heterocycles. The van der Waals surface area contributed by atoms with Gasteiger partial charge in [0.05, 0.1) is 16.4 Å². The molecule has 1 heterocycles. The molecule has 0 fully saturated rings. The lowest BCUT2D eigenvalue weighted by Crippen LogP contribution is -1.91. The van der Waals surface area contributed by atoms with Crippen LogP contribution in [0, 0.1) is 5.82 Å². The second-order valence-electron chi connectivity index (χ2n) is 3.22. The molecule has 1 aromatic heterocycles. The Morgan fingerprint density at radius 2 is 2.27 bits per heavy atom. The first-order valence-electron chi connectivity index (χ1n) is 4.70. The summed E-state index contributed by atoms with van der Waals surface area (Å²) in [6.45, 7) is 2.06. The second kappa shape index (κ2) is 3.98. The smallest absolute Gasteiger partial charge is 0.146 e. The van der Waals surface area contributed by atoms with E-state index in [9.17, 15) is 4.39 Å². The van der Waals surface area contributed by atoms with E-state index in [4.69, 9.17) is 5.73 Å². The first-order chi connectivity index (χ1) is 7.20. The molecule has 0 spiro atoms. The number of nitrogen functional groups attached to an aromatic ring is 1. The zero-order valence-corrected chi connectivity index (χ0v) is 9.14. The van der Waals surface area contributed by atoms with Gasteiger partial charge in [-0.15, -0.1) is 11.3 Å². The molecule has 2 nitrogen and oxygen atoms in total. The average molecular weight is 222 g/mol. The maximum atomic E-state index is 12.9. The first kappa shape index (κ1) is 10.1. The summed E-state index contributed by atoms with van der Waals surface area (Å²) in [5.74, 6) is -0.385. The lowest BCUT2D eigenvalue weighted by molar-refractivity contribution is 0.632. The fourth-order valence-electron chi connectivity index (χ4n) is 1.31. The van der Waals surface area contributed by atoms with E-state index in [1.807, 2.05) is 5.38 Å². The van der Waals surface area contributed by atoms with Crippen LogP contribution in [0.25, 0.3) is 11.3 Å². The molecular weight excluding hydrogens is 211 g/mol. The minimum atomic E-state index is -0.385. The van der Waals surface area contributed by atoms with Gasteiger partial charge in [0.15, 0.2) is 0 Å². The number of hydrogen-bond donors (Lipinski definition) is 1. The molecule has 4 heteroatoms. The number of halogens is 1. The van der Waals surface area contributed by atoms with Gasteiger partial charge in [0, 0.05) is 10.9 Å². The van der Waals surface area contributed by atoms with Crippen molar-refractivity contribution < 1.29 is 4.39 Å². The number of benzene rings is 1. The fraction of sp³-hybridized carbons (Fsp3) is 0.182. The Kier molecular flexibility index (Phi) is 2.68. The van der Waals surface area contributed by atoms with Crippen molar-refractivity contribution >= 4 is 17.0 Å². The van der Waals surface area contributed by atoms with Gasteiger partial charge in [-0.2, -0.15) is 0 Å². The zero-order valence-electron chi connectivity index (χ0n) is 8.33. The lowest BCUT2D eigenvalue weighted by atomic mass is 10.1. The summed E-state index contributed by atoms with van der Waals surface area (Å²) in [5.41, 5.74) is 7.39. The van der Waals surface area contributed by atoms with Crippen molar-refractivity contribution in [2.24, 2.45) is 0 Å². The van der Waals surface area contributed by atoms with Crippen molar-refractivity contribution in [3.63, 3.8) is 0 Å². The van der Waals surface area contributed by atoms with Crippen LogP contribution in [0.1, 0.15) is 11.9 Å². The minimum Gasteiger partial charge on any atom is -0.396 e. The highest BCUT2D eigenvalue weighted by Crippen LogP contribution is 2.24. The summed E-state index contributed by atoms with van der Waals surface area (Å²) >= 11 is 1.61. The van der Waals surface area contributed by atoms with Crippen LogP contribution >= 0.6 is 11.3 Å². The Bertz CT molecular complexity index is 479. The Morgan fingerprint density at radius 3 is 2.87 bits per heavy atom. The van der Waals surface area contributed by atoms with E-state index in [0.717, 1.165) is 22.7 Å².